The third-order valence-electron chi connectivity index (χ3n) is 3.50. The van der Waals surface area contributed by atoms with Crippen LogP contribution in [0.15, 0.2) is 5.38 Å². The highest BCUT2D eigenvalue weighted by molar-refractivity contribution is 7.09. The normalized spacial score (nSPS) is 27.2. The number of nitrogens with zero attached hydrogens (tertiary/aromatic N) is 1. The molecular formula is C12H18N2OS. The lowest BCUT2D eigenvalue weighted by molar-refractivity contribution is 0.0842. The van der Waals surface area contributed by atoms with Crippen LogP contribution in [0.5, 0.6) is 0 Å². The van der Waals surface area contributed by atoms with Gasteiger partial charge in [0.1, 0.15) is 11.1 Å². The van der Waals surface area contributed by atoms with E-state index in [1.807, 2.05) is 0 Å². The summed E-state index contributed by atoms with van der Waals surface area (Å²) in [5.41, 5.74) is 1.22. The van der Waals surface area contributed by atoms with Crippen LogP contribution in [0.25, 0.3) is 0 Å². The van der Waals surface area contributed by atoms with Crippen LogP contribution in [0.2, 0.25) is 0 Å². The number of ether oxygens (including phenoxy) is 1. The Hall–Kier alpha value is -0.450. The summed E-state index contributed by atoms with van der Waals surface area (Å²) in [5.74, 6) is 0.723. The Morgan fingerprint density at radius 1 is 1.50 bits per heavy atom. The molecule has 3 nitrogen and oxygen atoms in total. The van der Waals surface area contributed by atoms with Crippen LogP contribution in [0.4, 0.5) is 0 Å². The largest absolute Gasteiger partial charge is 0.374 e. The van der Waals surface area contributed by atoms with Crippen LogP contribution in [0.3, 0.4) is 0 Å². The van der Waals surface area contributed by atoms with Crippen molar-refractivity contribution in [2.75, 3.05) is 13.7 Å². The maximum Gasteiger partial charge on any atom is 0.122 e. The van der Waals surface area contributed by atoms with Crippen molar-refractivity contribution in [1.82, 2.24) is 10.3 Å². The van der Waals surface area contributed by atoms with Gasteiger partial charge in [-0.1, -0.05) is 0 Å². The first kappa shape index (κ1) is 10.7. The van der Waals surface area contributed by atoms with Crippen molar-refractivity contribution in [2.24, 2.45) is 5.92 Å². The van der Waals surface area contributed by atoms with E-state index < -0.39 is 0 Å². The molecule has 0 spiro atoms. The standard InChI is InChI=1S/C12H18N2OS/c1-15-11(8-4-5-8)12-14-10(7-16-12)9-3-2-6-13-9/h7-9,11,13H,2-6H2,1H3. The van der Waals surface area contributed by atoms with Crippen molar-refractivity contribution in [2.45, 2.75) is 37.8 Å². The van der Waals surface area contributed by atoms with E-state index >= 15 is 0 Å². The molecule has 1 N–H and O–H groups in total. The van der Waals surface area contributed by atoms with Crippen molar-refractivity contribution in [3.63, 3.8) is 0 Å². The monoisotopic (exact) mass is 238 g/mol. The van der Waals surface area contributed by atoms with Crippen molar-refractivity contribution >= 4 is 11.3 Å². The van der Waals surface area contributed by atoms with Gasteiger partial charge in [-0.15, -0.1) is 11.3 Å². The second kappa shape index (κ2) is 4.43. The molecule has 1 aromatic heterocycles. The third kappa shape index (κ3) is 2.01. The first-order valence-electron chi connectivity index (χ1n) is 6.10. The van der Waals surface area contributed by atoms with Gasteiger partial charge in [0, 0.05) is 12.5 Å². The SMILES string of the molecule is COC(c1nc(C2CCCN2)cs1)C1CC1. The Labute approximate surface area is 100 Å². The van der Waals surface area contributed by atoms with Gasteiger partial charge in [-0.2, -0.15) is 0 Å². The maximum absolute atomic E-state index is 5.56. The number of rotatable bonds is 4. The Balaban J connectivity index is 1.75. The summed E-state index contributed by atoms with van der Waals surface area (Å²) in [7, 11) is 1.80. The summed E-state index contributed by atoms with van der Waals surface area (Å²) >= 11 is 1.76. The van der Waals surface area contributed by atoms with Gasteiger partial charge < -0.3 is 10.1 Å². The van der Waals surface area contributed by atoms with Gasteiger partial charge in [0.15, 0.2) is 0 Å². The Morgan fingerprint density at radius 2 is 2.38 bits per heavy atom. The van der Waals surface area contributed by atoms with Gasteiger partial charge in [-0.3, -0.25) is 0 Å². The zero-order valence-electron chi connectivity index (χ0n) is 9.61. The van der Waals surface area contributed by atoms with Gasteiger partial charge >= 0.3 is 0 Å². The number of hydrogen-bond acceptors (Lipinski definition) is 4. The molecule has 0 aromatic carbocycles. The Bertz CT molecular complexity index is 356. The van der Waals surface area contributed by atoms with Crippen LogP contribution in [0, 0.1) is 5.92 Å². The van der Waals surface area contributed by atoms with Crippen molar-refractivity contribution in [3.05, 3.63) is 16.1 Å². The third-order valence-corrected chi connectivity index (χ3v) is 4.43. The molecule has 2 fully saturated rings. The molecule has 88 valence electrons. The molecular weight excluding hydrogens is 220 g/mol. The molecule has 16 heavy (non-hydrogen) atoms. The van der Waals surface area contributed by atoms with Gasteiger partial charge in [0.25, 0.3) is 0 Å². The topological polar surface area (TPSA) is 34.1 Å². The molecule has 3 rings (SSSR count). The van der Waals surface area contributed by atoms with E-state index in [2.05, 4.69) is 10.7 Å². The van der Waals surface area contributed by atoms with E-state index in [0.29, 0.717) is 6.04 Å². The van der Waals surface area contributed by atoms with Crippen molar-refractivity contribution in [1.29, 1.82) is 0 Å². The summed E-state index contributed by atoms with van der Waals surface area (Å²) in [6.45, 7) is 1.13. The summed E-state index contributed by atoms with van der Waals surface area (Å²) in [6.07, 6.45) is 5.35. The van der Waals surface area contributed by atoms with Gasteiger partial charge in [-0.25, -0.2) is 4.98 Å². The molecule has 1 aliphatic carbocycles. The van der Waals surface area contributed by atoms with E-state index in [1.54, 1.807) is 18.4 Å². The number of thiazole rings is 1. The fourth-order valence-electron chi connectivity index (χ4n) is 2.42. The summed E-state index contributed by atoms with van der Waals surface area (Å²) < 4.78 is 5.56. The van der Waals surface area contributed by atoms with E-state index in [0.717, 1.165) is 12.5 Å². The van der Waals surface area contributed by atoms with Crippen molar-refractivity contribution < 1.29 is 4.74 Å². The average molecular weight is 238 g/mol. The molecule has 2 atom stereocenters. The van der Waals surface area contributed by atoms with Gasteiger partial charge in [0.2, 0.25) is 0 Å². The van der Waals surface area contributed by atoms with Crippen LogP contribution in [-0.2, 0) is 4.74 Å². The molecule has 1 aliphatic heterocycles. The number of hydrogen-bond donors (Lipinski definition) is 1. The molecule has 1 saturated carbocycles. The van der Waals surface area contributed by atoms with Gasteiger partial charge in [0.05, 0.1) is 11.7 Å². The molecule has 0 radical (unpaired) electrons. The maximum atomic E-state index is 5.56. The van der Waals surface area contributed by atoms with E-state index in [1.165, 1.54) is 36.4 Å². The highest BCUT2D eigenvalue weighted by atomic mass is 32.1. The van der Waals surface area contributed by atoms with Crippen LogP contribution in [0.1, 0.15) is 48.5 Å². The lowest BCUT2D eigenvalue weighted by atomic mass is 10.2. The summed E-state index contributed by atoms with van der Waals surface area (Å²) in [6, 6.07) is 0.488. The predicted octanol–water partition coefficient (Wildman–Crippen LogP) is 2.67. The lowest BCUT2D eigenvalue weighted by Gasteiger charge is -2.11. The molecule has 0 bridgehead atoms. The first-order chi connectivity index (χ1) is 7.88. The number of nitrogens with one attached hydrogen (secondary N) is 1. The highest BCUT2D eigenvalue weighted by Gasteiger charge is 2.34. The van der Waals surface area contributed by atoms with Crippen LogP contribution >= 0.6 is 11.3 Å². The van der Waals surface area contributed by atoms with E-state index in [-0.39, 0.29) is 6.10 Å². The predicted molar refractivity (Wildman–Crippen MR) is 64.6 cm³/mol. The highest BCUT2D eigenvalue weighted by Crippen LogP contribution is 2.44. The average Bonchev–Trinajstić information content (AvgIpc) is 2.84. The molecule has 1 saturated heterocycles. The van der Waals surface area contributed by atoms with E-state index in [4.69, 9.17) is 9.72 Å². The quantitative estimate of drug-likeness (QED) is 0.875. The smallest absolute Gasteiger partial charge is 0.122 e. The minimum atomic E-state index is 0.250. The second-order valence-corrected chi connectivity index (χ2v) is 5.64. The summed E-state index contributed by atoms with van der Waals surface area (Å²) in [5, 5.41) is 6.87. The van der Waals surface area contributed by atoms with Gasteiger partial charge in [-0.05, 0) is 38.1 Å². The second-order valence-electron chi connectivity index (χ2n) is 4.75. The zero-order chi connectivity index (χ0) is 11.0. The Kier molecular flexibility index (Phi) is 2.96. The van der Waals surface area contributed by atoms with Crippen molar-refractivity contribution in [3.8, 4) is 0 Å². The van der Waals surface area contributed by atoms with Crippen LogP contribution < -0.4 is 5.32 Å². The number of aromatic nitrogens is 1. The van der Waals surface area contributed by atoms with Crippen LogP contribution in [-0.4, -0.2) is 18.6 Å². The zero-order valence-corrected chi connectivity index (χ0v) is 10.4. The minimum absolute atomic E-state index is 0.250. The Morgan fingerprint density at radius 3 is 3.00 bits per heavy atom. The molecule has 4 heteroatoms. The first-order valence-corrected chi connectivity index (χ1v) is 6.98. The minimum Gasteiger partial charge on any atom is -0.374 e. The van der Waals surface area contributed by atoms with E-state index in [9.17, 15) is 0 Å². The molecule has 2 heterocycles. The number of methoxy groups -OCH3 is 1. The molecule has 0 amide bonds. The summed E-state index contributed by atoms with van der Waals surface area (Å²) in [4.78, 5) is 4.76. The fourth-order valence-corrected chi connectivity index (χ4v) is 3.46. The molecule has 2 unspecified atom stereocenters. The molecule has 2 aliphatic rings. The lowest BCUT2D eigenvalue weighted by Crippen LogP contribution is -2.13. The fraction of sp³-hybridized carbons (Fsp3) is 0.750. The molecule has 1 aromatic rings.